The van der Waals surface area contributed by atoms with Gasteiger partial charge in [0.05, 0.1) is 13.7 Å². The van der Waals surface area contributed by atoms with E-state index >= 15 is 0 Å². The molecule has 0 amide bonds. The van der Waals surface area contributed by atoms with Gasteiger partial charge in [-0.2, -0.15) is 18.2 Å². The molecule has 0 aliphatic carbocycles. The molecule has 0 spiro atoms. The monoisotopic (exact) mass is 352 g/mol. The Balaban J connectivity index is 1.83. The lowest BCUT2D eigenvalue weighted by Crippen LogP contribution is -2.19. The molecule has 3 aromatic rings. The van der Waals surface area contributed by atoms with Crippen LogP contribution in [0.15, 0.2) is 46.0 Å². The molecule has 0 saturated heterocycles. The number of hydrogen-bond donors (Lipinski definition) is 0. The number of rotatable bonds is 4. The smallest absolute Gasteiger partial charge is 0.471 e. The van der Waals surface area contributed by atoms with Crippen LogP contribution in [0.5, 0.6) is 5.88 Å². The van der Waals surface area contributed by atoms with Crippen LogP contribution in [0.2, 0.25) is 0 Å². The fraction of sp³-hybridized carbons (Fsp3) is 0.200. The van der Waals surface area contributed by atoms with Gasteiger partial charge < -0.3 is 13.8 Å². The number of halogens is 3. The van der Waals surface area contributed by atoms with Gasteiger partial charge in [-0.25, -0.2) is 4.98 Å². The van der Waals surface area contributed by atoms with Gasteiger partial charge in [0.15, 0.2) is 0 Å². The van der Waals surface area contributed by atoms with Crippen LogP contribution >= 0.6 is 0 Å². The van der Waals surface area contributed by atoms with Crippen LogP contribution < -0.4 is 10.3 Å². The number of methoxy groups -OCH3 is 1. The molecule has 0 N–H and O–H groups in total. The SMILES string of the molecule is COc1ccc(Cn2ccc(-c3noc(C(F)(F)F)n3)cc2=O)cn1. The quantitative estimate of drug-likeness (QED) is 0.717. The lowest BCUT2D eigenvalue weighted by Gasteiger charge is -2.06. The molecule has 3 heterocycles. The van der Waals surface area contributed by atoms with Crippen molar-refractivity contribution < 1.29 is 22.4 Å². The fourth-order valence-electron chi connectivity index (χ4n) is 2.06. The second-order valence-corrected chi connectivity index (χ2v) is 5.01. The predicted molar refractivity (Wildman–Crippen MR) is 78.9 cm³/mol. The topological polar surface area (TPSA) is 83.0 Å². The highest BCUT2D eigenvalue weighted by Gasteiger charge is 2.38. The van der Waals surface area contributed by atoms with E-state index in [1.807, 2.05) is 0 Å². The summed E-state index contributed by atoms with van der Waals surface area (Å²) in [5, 5.41) is 3.25. The number of aromatic nitrogens is 4. The normalized spacial score (nSPS) is 11.5. The maximum Gasteiger partial charge on any atom is 0.471 e. The van der Waals surface area contributed by atoms with Crippen molar-refractivity contribution in [2.24, 2.45) is 0 Å². The highest BCUT2D eigenvalue weighted by Crippen LogP contribution is 2.29. The third-order valence-electron chi connectivity index (χ3n) is 3.28. The largest absolute Gasteiger partial charge is 0.481 e. The van der Waals surface area contributed by atoms with E-state index in [1.54, 1.807) is 18.3 Å². The molecule has 0 saturated carbocycles. The van der Waals surface area contributed by atoms with Gasteiger partial charge in [-0.1, -0.05) is 11.2 Å². The van der Waals surface area contributed by atoms with Crippen molar-refractivity contribution in [1.29, 1.82) is 0 Å². The van der Waals surface area contributed by atoms with Crippen molar-refractivity contribution in [3.8, 4) is 17.3 Å². The number of hydrogen-bond acceptors (Lipinski definition) is 6. The minimum atomic E-state index is -4.73. The Labute approximate surface area is 138 Å². The Kier molecular flexibility index (Phi) is 4.26. The summed E-state index contributed by atoms with van der Waals surface area (Å²) in [4.78, 5) is 19.4. The van der Waals surface area contributed by atoms with E-state index in [-0.39, 0.29) is 17.9 Å². The van der Waals surface area contributed by atoms with Gasteiger partial charge in [-0.3, -0.25) is 4.79 Å². The molecule has 0 aromatic carbocycles. The Bertz CT molecular complexity index is 932. The molecule has 130 valence electrons. The number of alkyl halides is 3. The van der Waals surface area contributed by atoms with Gasteiger partial charge in [0.1, 0.15) is 0 Å². The summed E-state index contributed by atoms with van der Waals surface area (Å²) in [5.74, 6) is -1.32. The van der Waals surface area contributed by atoms with Crippen LogP contribution in [0.25, 0.3) is 11.4 Å². The zero-order valence-electron chi connectivity index (χ0n) is 12.8. The van der Waals surface area contributed by atoms with Crippen LogP contribution in [-0.2, 0) is 12.7 Å². The van der Waals surface area contributed by atoms with Crippen LogP contribution in [0.1, 0.15) is 11.5 Å². The molecule has 0 unspecified atom stereocenters. The van der Waals surface area contributed by atoms with Gasteiger partial charge in [0.2, 0.25) is 11.7 Å². The van der Waals surface area contributed by atoms with Crippen molar-refractivity contribution in [2.75, 3.05) is 7.11 Å². The fourth-order valence-corrected chi connectivity index (χ4v) is 2.06. The average molecular weight is 352 g/mol. The van der Waals surface area contributed by atoms with Crippen molar-refractivity contribution >= 4 is 0 Å². The Morgan fingerprint density at radius 1 is 1.28 bits per heavy atom. The number of ether oxygens (including phenoxy) is 1. The summed E-state index contributed by atoms with van der Waals surface area (Å²) in [5.41, 5.74) is 0.467. The summed E-state index contributed by atoms with van der Waals surface area (Å²) in [6.45, 7) is 0.246. The Morgan fingerprint density at radius 2 is 2.08 bits per heavy atom. The van der Waals surface area contributed by atoms with Gasteiger partial charge in [0.25, 0.3) is 5.56 Å². The van der Waals surface area contributed by atoms with E-state index < -0.39 is 17.6 Å². The van der Waals surface area contributed by atoms with Crippen LogP contribution in [0, 0.1) is 0 Å². The van der Waals surface area contributed by atoms with Crippen LogP contribution in [-0.4, -0.2) is 26.8 Å². The molecular weight excluding hydrogens is 341 g/mol. The van der Waals surface area contributed by atoms with E-state index in [0.29, 0.717) is 5.88 Å². The molecule has 0 aliphatic heterocycles. The Hall–Kier alpha value is -3.17. The first-order valence-electron chi connectivity index (χ1n) is 6.97. The zero-order valence-corrected chi connectivity index (χ0v) is 12.8. The maximum absolute atomic E-state index is 12.5. The standard InChI is InChI=1S/C15H11F3N4O3/c1-24-11-3-2-9(7-19-11)8-22-5-4-10(6-12(22)23)13-20-14(25-21-13)15(16,17)18/h2-7H,8H2,1H3. The second-order valence-electron chi connectivity index (χ2n) is 5.01. The molecule has 10 heteroatoms. The van der Waals surface area contributed by atoms with Crippen molar-refractivity contribution in [3.05, 3.63) is 58.5 Å². The van der Waals surface area contributed by atoms with Gasteiger partial charge >= 0.3 is 12.1 Å². The molecule has 0 fully saturated rings. The van der Waals surface area contributed by atoms with Crippen LogP contribution in [0.3, 0.4) is 0 Å². The van der Waals surface area contributed by atoms with Gasteiger partial charge in [0, 0.05) is 30.1 Å². The third-order valence-corrected chi connectivity index (χ3v) is 3.28. The second kappa shape index (κ2) is 6.38. The van der Waals surface area contributed by atoms with Crippen LogP contribution in [0.4, 0.5) is 13.2 Å². The van der Waals surface area contributed by atoms with Gasteiger partial charge in [-0.15, -0.1) is 0 Å². The van der Waals surface area contributed by atoms with E-state index in [0.717, 1.165) is 11.6 Å². The molecule has 25 heavy (non-hydrogen) atoms. The molecule has 0 atom stereocenters. The third kappa shape index (κ3) is 3.67. The first kappa shape index (κ1) is 16.7. The van der Waals surface area contributed by atoms with E-state index in [4.69, 9.17) is 4.74 Å². The summed E-state index contributed by atoms with van der Waals surface area (Å²) in [7, 11) is 1.49. The molecule has 7 nitrogen and oxygen atoms in total. The predicted octanol–water partition coefficient (Wildman–Crippen LogP) is 2.37. The molecular formula is C15H11F3N4O3. The van der Waals surface area contributed by atoms with Crippen molar-refractivity contribution in [2.45, 2.75) is 12.7 Å². The van der Waals surface area contributed by atoms with Crippen molar-refractivity contribution in [1.82, 2.24) is 19.7 Å². The summed E-state index contributed by atoms with van der Waals surface area (Å²) in [6.07, 6.45) is -1.74. The van der Waals surface area contributed by atoms with Crippen molar-refractivity contribution in [3.63, 3.8) is 0 Å². The molecule has 3 aromatic heterocycles. The minimum absolute atomic E-state index is 0.133. The highest BCUT2D eigenvalue weighted by atomic mass is 19.4. The average Bonchev–Trinajstić information content (AvgIpc) is 3.08. The highest BCUT2D eigenvalue weighted by molar-refractivity contribution is 5.52. The molecule has 3 rings (SSSR count). The lowest BCUT2D eigenvalue weighted by molar-refractivity contribution is -0.159. The minimum Gasteiger partial charge on any atom is -0.481 e. The summed E-state index contributed by atoms with van der Waals surface area (Å²) in [6, 6.07) is 5.99. The molecule has 0 bridgehead atoms. The number of pyridine rings is 2. The van der Waals surface area contributed by atoms with E-state index in [1.165, 1.54) is 23.9 Å². The Morgan fingerprint density at radius 3 is 2.64 bits per heavy atom. The summed E-state index contributed by atoms with van der Waals surface area (Å²) >= 11 is 0. The first-order valence-corrected chi connectivity index (χ1v) is 6.97. The molecule has 0 radical (unpaired) electrons. The number of nitrogens with zero attached hydrogens (tertiary/aromatic N) is 4. The first-order chi connectivity index (χ1) is 11.9. The zero-order chi connectivity index (χ0) is 18.0. The van der Waals surface area contributed by atoms with E-state index in [2.05, 4.69) is 19.6 Å². The van der Waals surface area contributed by atoms with Gasteiger partial charge in [-0.05, 0) is 11.6 Å². The summed E-state index contributed by atoms with van der Waals surface area (Å²) < 4.78 is 47.9. The lowest BCUT2D eigenvalue weighted by atomic mass is 10.2. The maximum atomic E-state index is 12.5. The van der Waals surface area contributed by atoms with E-state index in [9.17, 15) is 18.0 Å². The molecule has 0 aliphatic rings.